The van der Waals surface area contributed by atoms with Gasteiger partial charge in [0.2, 0.25) is 5.88 Å². The Labute approximate surface area is 225 Å². The fraction of sp³-hybridized carbons (Fsp3) is 0.300. The third-order valence-electron chi connectivity index (χ3n) is 7.18. The molecule has 1 aliphatic heterocycles. The minimum Gasteiger partial charge on any atom is -0.481 e. The second-order valence-corrected chi connectivity index (χ2v) is 11.3. The molecule has 0 aliphatic carbocycles. The van der Waals surface area contributed by atoms with Gasteiger partial charge in [0.25, 0.3) is 0 Å². The van der Waals surface area contributed by atoms with E-state index in [4.69, 9.17) is 9.72 Å². The van der Waals surface area contributed by atoms with Gasteiger partial charge in [0.1, 0.15) is 0 Å². The van der Waals surface area contributed by atoms with Crippen molar-refractivity contribution in [1.29, 1.82) is 0 Å². The van der Waals surface area contributed by atoms with Gasteiger partial charge in [-0.2, -0.15) is 0 Å². The summed E-state index contributed by atoms with van der Waals surface area (Å²) in [5, 5.41) is 17.1. The molecule has 4 aromatic rings. The fourth-order valence-corrected chi connectivity index (χ4v) is 6.28. The van der Waals surface area contributed by atoms with Crippen molar-refractivity contribution in [3.05, 3.63) is 100 Å². The summed E-state index contributed by atoms with van der Waals surface area (Å²) in [5.74, 6) is 0.287. The molecule has 3 aromatic carbocycles. The maximum atomic E-state index is 12.4. The number of pyridine rings is 1. The van der Waals surface area contributed by atoms with Crippen LogP contribution in [0.25, 0.3) is 10.9 Å². The molecule has 1 saturated heterocycles. The lowest BCUT2D eigenvalue weighted by Crippen LogP contribution is -2.52. The number of nitrogens with one attached hydrogen (secondary N) is 1. The summed E-state index contributed by atoms with van der Waals surface area (Å²) in [4.78, 5) is 6.05. The first kappa shape index (κ1) is 25.3. The molecular weight excluding hydrogens is 532 g/mol. The highest BCUT2D eigenvalue weighted by molar-refractivity contribution is 9.10. The number of methoxy groups -OCH3 is 1. The molecule has 3 atom stereocenters. The van der Waals surface area contributed by atoms with Gasteiger partial charge in [-0.05, 0) is 79.6 Å². The van der Waals surface area contributed by atoms with E-state index in [1.165, 1.54) is 10.5 Å². The van der Waals surface area contributed by atoms with E-state index in [2.05, 4.69) is 88.2 Å². The van der Waals surface area contributed by atoms with E-state index < -0.39 is 5.60 Å². The van der Waals surface area contributed by atoms with E-state index in [0.29, 0.717) is 18.7 Å². The van der Waals surface area contributed by atoms with Gasteiger partial charge in [0, 0.05) is 32.3 Å². The monoisotopic (exact) mass is 562 g/mol. The van der Waals surface area contributed by atoms with Crippen molar-refractivity contribution >= 4 is 38.6 Å². The zero-order valence-corrected chi connectivity index (χ0v) is 23.0. The molecule has 186 valence electrons. The summed E-state index contributed by atoms with van der Waals surface area (Å²) in [6.07, 6.45) is 4.24. The van der Waals surface area contributed by atoms with Crippen LogP contribution < -0.4 is 10.1 Å². The SMILES string of the molecule is COc1nc2ccc(Br)cc2cc1C(c1ccc(SC)cc1)C1(O)CCNC(Cc2ccccc2)C1. The van der Waals surface area contributed by atoms with Crippen LogP contribution in [-0.4, -0.2) is 41.6 Å². The van der Waals surface area contributed by atoms with Crippen molar-refractivity contribution in [2.75, 3.05) is 19.9 Å². The quantitative estimate of drug-likeness (QED) is 0.249. The third-order valence-corrected chi connectivity index (χ3v) is 8.41. The predicted octanol–water partition coefficient (Wildman–Crippen LogP) is 6.59. The smallest absolute Gasteiger partial charge is 0.217 e. The first-order valence-electron chi connectivity index (χ1n) is 12.3. The highest BCUT2D eigenvalue weighted by Gasteiger charge is 2.44. The molecule has 2 heterocycles. The molecule has 1 aliphatic rings. The first-order valence-corrected chi connectivity index (χ1v) is 14.3. The maximum absolute atomic E-state index is 12.4. The summed E-state index contributed by atoms with van der Waals surface area (Å²) in [5.41, 5.74) is 3.18. The van der Waals surface area contributed by atoms with Gasteiger partial charge in [-0.1, -0.05) is 58.4 Å². The summed E-state index contributed by atoms with van der Waals surface area (Å²) in [6, 6.07) is 27.4. The van der Waals surface area contributed by atoms with Gasteiger partial charge in [0.15, 0.2) is 0 Å². The molecule has 0 saturated carbocycles. The molecule has 0 radical (unpaired) electrons. The predicted molar refractivity (Wildman–Crippen MR) is 152 cm³/mol. The van der Waals surface area contributed by atoms with Crippen LogP contribution >= 0.6 is 27.7 Å². The molecular formula is C30H31BrN2O2S. The molecule has 0 bridgehead atoms. The number of halogens is 1. The number of ether oxygens (including phenoxy) is 1. The summed E-state index contributed by atoms with van der Waals surface area (Å²) in [7, 11) is 1.66. The van der Waals surface area contributed by atoms with Gasteiger partial charge in [0.05, 0.1) is 18.2 Å². The summed E-state index contributed by atoms with van der Waals surface area (Å²) < 4.78 is 6.83. The summed E-state index contributed by atoms with van der Waals surface area (Å²) >= 11 is 5.32. The fourth-order valence-electron chi connectivity index (χ4n) is 5.49. The average molecular weight is 564 g/mol. The molecule has 4 nitrogen and oxygen atoms in total. The van der Waals surface area contributed by atoms with Crippen molar-refractivity contribution in [2.45, 2.75) is 41.7 Å². The van der Waals surface area contributed by atoms with Gasteiger partial charge >= 0.3 is 0 Å². The third kappa shape index (κ3) is 5.32. The Morgan fingerprint density at radius 1 is 1.11 bits per heavy atom. The molecule has 1 fully saturated rings. The molecule has 3 unspecified atom stereocenters. The highest BCUT2D eigenvalue weighted by Crippen LogP contribution is 2.45. The Bertz CT molecular complexity index is 1330. The molecule has 36 heavy (non-hydrogen) atoms. The second-order valence-electron chi connectivity index (χ2n) is 9.53. The zero-order chi connectivity index (χ0) is 25.1. The van der Waals surface area contributed by atoms with Crippen LogP contribution in [0, 0.1) is 0 Å². The topological polar surface area (TPSA) is 54.4 Å². The zero-order valence-electron chi connectivity index (χ0n) is 20.6. The van der Waals surface area contributed by atoms with Gasteiger partial charge < -0.3 is 15.2 Å². The van der Waals surface area contributed by atoms with Gasteiger partial charge in [-0.15, -0.1) is 11.8 Å². The first-order chi connectivity index (χ1) is 17.5. The summed E-state index contributed by atoms with van der Waals surface area (Å²) in [6.45, 7) is 0.752. The number of nitrogens with zero attached hydrogens (tertiary/aromatic N) is 1. The molecule has 6 heteroatoms. The number of aliphatic hydroxyl groups is 1. The Kier molecular flexibility index (Phi) is 7.68. The van der Waals surface area contributed by atoms with E-state index in [1.54, 1.807) is 18.9 Å². The molecule has 0 spiro atoms. The number of aromatic nitrogens is 1. The lowest BCUT2D eigenvalue weighted by Gasteiger charge is -2.43. The standard InChI is InChI=1S/C30H31BrN2O2S/c1-35-29-26(18-22-17-23(31)10-13-27(22)33-29)28(21-8-11-25(36-2)12-9-21)30(34)14-15-32-24(19-30)16-20-6-4-3-5-7-20/h3-13,17-18,24,28,32,34H,14-16,19H2,1-2H3. The lowest BCUT2D eigenvalue weighted by molar-refractivity contribution is -0.0191. The minimum absolute atomic E-state index is 0.174. The molecule has 0 amide bonds. The molecule has 5 rings (SSSR count). The number of hydrogen-bond acceptors (Lipinski definition) is 5. The van der Waals surface area contributed by atoms with E-state index in [9.17, 15) is 5.11 Å². The number of benzene rings is 3. The lowest BCUT2D eigenvalue weighted by atomic mass is 9.70. The minimum atomic E-state index is -0.958. The average Bonchev–Trinajstić information content (AvgIpc) is 2.89. The van der Waals surface area contributed by atoms with Crippen LogP contribution in [0.4, 0.5) is 0 Å². The number of piperidine rings is 1. The number of fused-ring (bicyclic) bond motifs is 1. The normalized spacial score (nSPS) is 20.8. The van der Waals surface area contributed by atoms with Gasteiger partial charge in [-0.25, -0.2) is 4.98 Å². The van der Waals surface area contributed by atoms with E-state index in [0.717, 1.165) is 39.5 Å². The van der Waals surface area contributed by atoms with Crippen molar-refractivity contribution in [3.63, 3.8) is 0 Å². The van der Waals surface area contributed by atoms with Crippen LogP contribution in [-0.2, 0) is 6.42 Å². The van der Waals surface area contributed by atoms with Crippen LogP contribution in [0.15, 0.2) is 88.2 Å². The highest BCUT2D eigenvalue weighted by atomic mass is 79.9. The second kappa shape index (κ2) is 10.9. The number of thioether (sulfide) groups is 1. The van der Waals surface area contributed by atoms with E-state index in [1.807, 2.05) is 18.2 Å². The molecule has 2 N–H and O–H groups in total. The van der Waals surface area contributed by atoms with Gasteiger partial charge in [-0.3, -0.25) is 0 Å². The molecule has 1 aromatic heterocycles. The van der Waals surface area contributed by atoms with Crippen molar-refractivity contribution in [1.82, 2.24) is 10.3 Å². The van der Waals surface area contributed by atoms with E-state index >= 15 is 0 Å². The van der Waals surface area contributed by atoms with Crippen molar-refractivity contribution < 1.29 is 9.84 Å². The maximum Gasteiger partial charge on any atom is 0.217 e. The Morgan fingerprint density at radius 3 is 2.61 bits per heavy atom. The number of hydrogen-bond donors (Lipinski definition) is 2. The largest absolute Gasteiger partial charge is 0.481 e. The van der Waals surface area contributed by atoms with Crippen molar-refractivity contribution in [3.8, 4) is 5.88 Å². The van der Waals surface area contributed by atoms with Crippen LogP contribution in [0.5, 0.6) is 5.88 Å². The van der Waals surface area contributed by atoms with Crippen LogP contribution in [0.2, 0.25) is 0 Å². The van der Waals surface area contributed by atoms with E-state index in [-0.39, 0.29) is 12.0 Å². The van der Waals surface area contributed by atoms with Crippen LogP contribution in [0.1, 0.15) is 35.4 Å². The Morgan fingerprint density at radius 2 is 1.89 bits per heavy atom. The Hall–Kier alpha value is -2.38. The number of rotatable bonds is 7. The van der Waals surface area contributed by atoms with Crippen LogP contribution in [0.3, 0.4) is 0 Å². The van der Waals surface area contributed by atoms with Crippen molar-refractivity contribution in [2.24, 2.45) is 0 Å². The Balaban J connectivity index is 1.60.